The standard InChI is InChI=1S/C16H13ClF3NO2S.C5H12.C2H6.CH4O/c1-8(22)7-24-14-4-9(2-3-11(14)17)16(23)21-10-5-12(18)15(20)13(19)6-10;1-4-5(2)3;2*1-2/h2-6,8,22H,7H2,1H3,(H,21,23);5H,4H2,1-3H3;1-2H3;2H,1H3. The molecule has 2 aromatic carbocycles. The number of rotatable bonds is 6. The van der Waals surface area contributed by atoms with Gasteiger partial charge in [-0.15, -0.1) is 11.8 Å². The lowest BCUT2D eigenvalue weighted by Crippen LogP contribution is -2.13. The van der Waals surface area contributed by atoms with Gasteiger partial charge in [0.05, 0.1) is 11.1 Å². The van der Waals surface area contributed by atoms with Crippen LogP contribution in [-0.2, 0) is 0 Å². The quantitative estimate of drug-likeness (QED) is 0.285. The van der Waals surface area contributed by atoms with Crippen molar-refractivity contribution in [2.24, 2.45) is 5.92 Å². The Morgan fingerprint density at radius 1 is 1.06 bits per heavy atom. The van der Waals surface area contributed by atoms with E-state index in [1.165, 1.54) is 36.4 Å². The third-order valence-corrected chi connectivity index (χ3v) is 5.47. The Kier molecular flexibility index (Phi) is 18.9. The first kappa shape index (κ1) is 33.4. The number of aliphatic hydroxyl groups excluding tert-OH is 2. The van der Waals surface area contributed by atoms with Crippen molar-refractivity contribution in [2.75, 3.05) is 18.2 Å². The predicted octanol–water partition coefficient (Wildman–Crippen LogP) is 7.17. The Morgan fingerprint density at radius 2 is 1.55 bits per heavy atom. The molecule has 0 aliphatic rings. The number of benzene rings is 2. The average molecular weight is 510 g/mol. The van der Waals surface area contributed by atoms with E-state index in [2.05, 4.69) is 26.1 Å². The highest BCUT2D eigenvalue weighted by Gasteiger charge is 2.14. The van der Waals surface area contributed by atoms with Gasteiger partial charge < -0.3 is 15.5 Å². The highest BCUT2D eigenvalue weighted by atomic mass is 35.5. The zero-order chi connectivity index (χ0) is 26.1. The molecule has 2 rings (SSSR count). The van der Waals surface area contributed by atoms with E-state index in [0.717, 1.165) is 13.0 Å². The summed E-state index contributed by atoms with van der Waals surface area (Å²) in [5.74, 6) is -3.74. The van der Waals surface area contributed by atoms with Gasteiger partial charge in [0.1, 0.15) is 0 Å². The van der Waals surface area contributed by atoms with Crippen LogP contribution in [0.2, 0.25) is 5.02 Å². The van der Waals surface area contributed by atoms with Crippen molar-refractivity contribution in [1.82, 2.24) is 0 Å². The predicted molar refractivity (Wildman–Crippen MR) is 133 cm³/mol. The molecule has 9 heteroatoms. The summed E-state index contributed by atoms with van der Waals surface area (Å²) in [5, 5.41) is 19.0. The molecule has 33 heavy (non-hydrogen) atoms. The fourth-order valence-corrected chi connectivity index (χ4v) is 2.91. The Labute approximate surface area is 204 Å². The molecule has 1 unspecified atom stereocenters. The Morgan fingerprint density at radius 3 is 1.97 bits per heavy atom. The van der Waals surface area contributed by atoms with Crippen LogP contribution in [0.4, 0.5) is 18.9 Å². The van der Waals surface area contributed by atoms with Crippen molar-refractivity contribution in [1.29, 1.82) is 0 Å². The third kappa shape index (κ3) is 13.5. The van der Waals surface area contributed by atoms with Crippen LogP contribution in [0.15, 0.2) is 35.2 Å². The molecule has 1 atom stereocenters. The van der Waals surface area contributed by atoms with Crippen LogP contribution in [0.3, 0.4) is 0 Å². The van der Waals surface area contributed by atoms with E-state index in [1.54, 1.807) is 6.92 Å². The highest BCUT2D eigenvalue weighted by molar-refractivity contribution is 7.99. The minimum atomic E-state index is -1.60. The highest BCUT2D eigenvalue weighted by Crippen LogP contribution is 2.29. The van der Waals surface area contributed by atoms with Crippen LogP contribution in [0, 0.1) is 23.4 Å². The number of hydrogen-bond acceptors (Lipinski definition) is 4. The third-order valence-electron chi connectivity index (χ3n) is 3.73. The summed E-state index contributed by atoms with van der Waals surface area (Å²) in [6.45, 7) is 12.3. The van der Waals surface area contributed by atoms with Crippen LogP contribution in [-0.4, -0.2) is 35.1 Å². The SMILES string of the molecule is CC.CC(O)CSc1cc(C(=O)Nc2cc(F)c(F)c(F)c2)ccc1Cl.CCC(C)C.CO. The van der Waals surface area contributed by atoms with E-state index < -0.39 is 29.5 Å². The van der Waals surface area contributed by atoms with E-state index in [9.17, 15) is 23.1 Å². The second kappa shape index (κ2) is 18.7. The fraction of sp³-hybridized carbons (Fsp3) is 0.458. The molecule has 1 amide bonds. The second-order valence-corrected chi connectivity index (χ2v) is 8.28. The lowest BCUT2D eigenvalue weighted by atomic mass is 10.2. The number of nitrogens with one attached hydrogen (secondary N) is 1. The molecule has 0 spiro atoms. The summed E-state index contributed by atoms with van der Waals surface area (Å²) in [6.07, 6.45) is 0.758. The molecule has 0 aliphatic heterocycles. The van der Waals surface area contributed by atoms with Gasteiger partial charge >= 0.3 is 0 Å². The molecule has 188 valence electrons. The Hall–Kier alpha value is -1.74. The molecule has 0 heterocycles. The van der Waals surface area contributed by atoms with Crippen molar-refractivity contribution in [3.05, 3.63) is 58.4 Å². The van der Waals surface area contributed by atoms with Crippen LogP contribution in [0.5, 0.6) is 0 Å². The summed E-state index contributed by atoms with van der Waals surface area (Å²) in [7, 11) is 1.00. The van der Waals surface area contributed by atoms with Crippen LogP contribution in [0.1, 0.15) is 58.3 Å². The van der Waals surface area contributed by atoms with Gasteiger partial charge in [-0.1, -0.05) is 52.6 Å². The molecule has 0 aliphatic carbocycles. The van der Waals surface area contributed by atoms with Gasteiger partial charge in [-0.05, 0) is 31.0 Å². The maximum Gasteiger partial charge on any atom is 0.255 e. The molecular weight excluding hydrogens is 475 g/mol. The molecule has 2 aromatic rings. The summed E-state index contributed by atoms with van der Waals surface area (Å²) in [5.41, 5.74) is 0.00201. The minimum absolute atomic E-state index is 0.204. The molecule has 4 nitrogen and oxygen atoms in total. The normalized spacial score (nSPS) is 10.6. The number of halogens is 4. The number of carbonyl (C=O) groups excluding carboxylic acids is 1. The van der Waals surface area contributed by atoms with E-state index in [4.69, 9.17) is 16.7 Å². The van der Waals surface area contributed by atoms with Crippen molar-refractivity contribution in [3.63, 3.8) is 0 Å². The lowest BCUT2D eigenvalue weighted by Gasteiger charge is -2.10. The van der Waals surface area contributed by atoms with Gasteiger partial charge in [0.2, 0.25) is 0 Å². The molecule has 0 fully saturated rings. The maximum absolute atomic E-state index is 13.2. The average Bonchev–Trinajstić information content (AvgIpc) is 2.79. The van der Waals surface area contributed by atoms with Gasteiger partial charge in [0.15, 0.2) is 17.5 Å². The van der Waals surface area contributed by atoms with E-state index in [-0.39, 0.29) is 11.3 Å². The number of amides is 1. The molecule has 0 saturated heterocycles. The first-order valence-corrected chi connectivity index (χ1v) is 11.9. The van der Waals surface area contributed by atoms with Gasteiger partial charge in [0, 0.05) is 41.1 Å². The van der Waals surface area contributed by atoms with Crippen molar-refractivity contribution in [3.8, 4) is 0 Å². The number of anilines is 1. The first-order valence-electron chi connectivity index (χ1n) is 10.6. The maximum atomic E-state index is 13.2. The summed E-state index contributed by atoms with van der Waals surface area (Å²) in [4.78, 5) is 12.8. The lowest BCUT2D eigenvalue weighted by molar-refractivity contribution is 0.102. The van der Waals surface area contributed by atoms with E-state index >= 15 is 0 Å². The zero-order valence-electron chi connectivity index (χ0n) is 20.2. The molecular formula is C24H35ClF3NO3S. The van der Waals surface area contributed by atoms with E-state index in [1.807, 2.05) is 13.8 Å². The van der Waals surface area contributed by atoms with Crippen molar-refractivity contribution in [2.45, 2.75) is 59.0 Å². The number of aliphatic hydroxyl groups is 2. The van der Waals surface area contributed by atoms with Gasteiger partial charge in [-0.3, -0.25) is 4.79 Å². The first-order chi connectivity index (χ1) is 15.5. The summed E-state index contributed by atoms with van der Waals surface area (Å²) in [6, 6.07) is 5.83. The summed E-state index contributed by atoms with van der Waals surface area (Å²) < 4.78 is 39.3. The Balaban J connectivity index is 0. The number of carbonyl (C=O) groups is 1. The van der Waals surface area contributed by atoms with Gasteiger partial charge in [0.25, 0.3) is 5.91 Å². The van der Waals surface area contributed by atoms with Gasteiger partial charge in [-0.2, -0.15) is 0 Å². The topological polar surface area (TPSA) is 69.6 Å². The number of thioether (sulfide) groups is 1. The molecule has 0 aromatic heterocycles. The minimum Gasteiger partial charge on any atom is -0.400 e. The molecule has 0 bridgehead atoms. The molecule has 3 N–H and O–H groups in total. The molecule has 0 radical (unpaired) electrons. The number of hydrogen-bond donors (Lipinski definition) is 3. The second-order valence-electron chi connectivity index (χ2n) is 6.82. The zero-order valence-corrected chi connectivity index (χ0v) is 21.8. The van der Waals surface area contributed by atoms with Crippen LogP contribution >= 0.6 is 23.4 Å². The smallest absolute Gasteiger partial charge is 0.255 e. The van der Waals surface area contributed by atoms with E-state index in [0.29, 0.717) is 27.8 Å². The fourth-order valence-electron chi connectivity index (χ4n) is 1.80. The van der Waals surface area contributed by atoms with Crippen LogP contribution in [0.25, 0.3) is 0 Å². The van der Waals surface area contributed by atoms with Gasteiger partial charge in [-0.25, -0.2) is 13.2 Å². The Bertz CT molecular complexity index is 814. The summed E-state index contributed by atoms with van der Waals surface area (Å²) >= 11 is 7.30. The van der Waals surface area contributed by atoms with Crippen LogP contribution < -0.4 is 5.32 Å². The largest absolute Gasteiger partial charge is 0.400 e. The molecule has 0 saturated carbocycles. The van der Waals surface area contributed by atoms with Crippen molar-refractivity contribution >= 4 is 35.0 Å². The monoisotopic (exact) mass is 509 g/mol. The van der Waals surface area contributed by atoms with Crippen molar-refractivity contribution < 1.29 is 28.2 Å².